The largest absolute Gasteiger partial charge is 0.352 e. The maximum absolute atomic E-state index is 13.6. The number of likely N-dealkylation sites (tertiary alicyclic amines) is 1. The number of benzene rings is 2. The Labute approximate surface area is 163 Å². The van der Waals surface area contributed by atoms with Crippen LogP contribution in [0.3, 0.4) is 0 Å². The van der Waals surface area contributed by atoms with E-state index in [4.69, 9.17) is 11.6 Å². The number of hydrogen-bond acceptors (Lipinski definition) is 2. The lowest BCUT2D eigenvalue weighted by molar-refractivity contribution is -0.135. The summed E-state index contributed by atoms with van der Waals surface area (Å²) in [5.41, 5.74) is 1.40. The van der Waals surface area contributed by atoms with Gasteiger partial charge in [0.05, 0.1) is 6.42 Å². The van der Waals surface area contributed by atoms with Crippen LogP contribution in [0, 0.1) is 11.7 Å². The van der Waals surface area contributed by atoms with Crippen LogP contribution in [-0.4, -0.2) is 29.8 Å². The van der Waals surface area contributed by atoms with Gasteiger partial charge in [0.15, 0.2) is 0 Å². The number of nitrogens with one attached hydrogen (secondary N) is 1. The van der Waals surface area contributed by atoms with Gasteiger partial charge in [-0.2, -0.15) is 0 Å². The quantitative estimate of drug-likeness (QED) is 0.851. The minimum atomic E-state index is -0.319. The molecule has 0 unspecified atom stereocenters. The third-order valence-corrected chi connectivity index (χ3v) is 5.15. The Balaban J connectivity index is 1.45. The van der Waals surface area contributed by atoms with E-state index in [2.05, 4.69) is 5.32 Å². The third-order valence-electron chi connectivity index (χ3n) is 4.90. The fourth-order valence-electron chi connectivity index (χ4n) is 3.25. The number of halogens is 2. The van der Waals surface area contributed by atoms with Crippen LogP contribution < -0.4 is 5.32 Å². The molecule has 0 bridgehead atoms. The predicted molar refractivity (Wildman–Crippen MR) is 103 cm³/mol. The van der Waals surface area contributed by atoms with Gasteiger partial charge in [0.1, 0.15) is 5.82 Å². The van der Waals surface area contributed by atoms with Crippen molar-refractivity contribution in [3.63, 3.8) is 0 Å². The van der Waals surface area contributed by atoms with Crippen molar-refractivity contribution in [2.75, 3.05) is 13.1 Å². The third kappa shape index (κ3) is 5.30. The molecule has 1 aliphatic heterocycles. The monoisotopic (exact) mass is 388 g/mol. The highest BCUT2D eigenvalue weighted by atomic mass is 35.5. The Kier molecular flexibility index (Phi) is 6.45. The Morgan fingerprint density at radius 1 is 1.07 bits per heavy atom. The van der Waals surface area contributed by atoms with Gasteiger partial charge in [-0.3, -0.25) is 9.59 Å². The summed E-state index contributed by atoms with van der Waals surface area (Å²) >= 11 is 5.86. The van der Waals surface area contributed by atoms with Gasteiger partial charge in [0, 0.05) is 36.1 Å². The van der Waals surface area contributed by atoms with Gasteiger partial charge in [0.2, 0.25) is 11.8 Å². The number of nitrogens with zero attached hydrogens (tertiary/aromatic N) is 1. The molecule has 0 spiro atoms. The number of rotatable bonds is 5. The number of hydrogen-bond donors (Lipinski definition) is 1. The highest BCUT2D eigenvalue weighted by Gasteiger charge is 2.27. The maximum atomic E-state index is 13.6. The summed E-state index contributed by atoms with van der Waals surface area (Å²) in [5.74, 6) is -0.484. The van der Waals surface area contributed by atoms with Crippen LogP contribution in [0.25, 0.3) is 0 Å². The van der Waals surface area contributed by atoms with Crippen molar-refractivity contribution < 1.29 is 14.0 Å². The van der Waals surface area contributed by atoms with Gasteiger partial charge < -0.3 is 10.2 Å². The van der Waals surface area contributed by atoms with Gasteiger partial charge >= 0.3 is 0 Å². The summed E-state index contributed by atoms with van der Waals surface area (Å²) in [4.78, 5) is 26.6. The van der Waals surface area contributed by atoms with E-state index in [1.54, 1.807) is 35.2 Å². The summed E-state index contributed by atoms with van der Waals surface area (Å²) in [6.07, 6.45) is 1.58. The molecule has 0 aromatic heterocycles. The second-order valence-corrected chi connectivity index (χ2v) is 7.20. The Bertz CT molecular complexity index is 802. The molecule has 1 aliphatic rings. The first-order valence-corrected chi connectivity index (χ1v) is 9.44. The molecule has 2 amide bonds. The lowest BCUT2D eigenvalue weighted by Crippen LogP contribution is -2.43. The van der Waals surface area contributed by atoms with E-state index in [9.17, 15) is 14.0 Å². The zero-order valence-corrected chi connectivity index (χ0v) is 15.7. The summed E-state index contributed by atoms with van der Waals surface area (Å²) in [6.45, 7) is 1.30. The fourth-order valence-corrected chi connectivity index (χ4v) is 3.37. The SMILES string of the molecule is O=C(NCc1ccccc1F)C1CCN(C(=O)Cc2ccc(Cl)cc2)CC1. The van der Waals surface area contributed by atoms with Crippen molar-refractivity contribution in [1.82, 2.24) is 10.2 Å². The van der Waals surface area contributed by atoms with Crippen LogP contribution in [0.2, 0.25) is 5.02 Å². The molecular formula is C21H22ClFN2O2. The lowest BCUT2D eigenvalue weighted by Gasteiger charge is -2.31. The molecule has 4 nitrogen and oxygen atoms in total. The topological polar surface area (TPSA) is 49.4 Å². The maximum Gasteiger partial charge on any atom is 0.226 e. The highest BCUT2D eigenvalue weighted by Crippen LogP contribution is 2.19. The molecule has 1 N–H and O–H groups in total. The number of amides is 2. The minimum Gasteiger partial charge on any atom is -0.352 e. The zero-order chi connectivity index (χ0) is 19.2. The molecular weight excluding hydrogens is 367 g/mol. The molecule has 1 fully saturated rings. The summed E-state index contributed by atoms with van der Waals surface area (Å²) in [7, 11) is 0. The Morgan fingerprint density at radius 3 is 2.41 bits per heavy atom. The van der Waals surface area contributed by atoms with Gasteiger partial charge in [-0.1, -0.05) is 41.9 Å². The molecule has 3 rings (SSSR count). The molecule has 6 heteroatoms. The van der Waals surface area contributed by atoms with Gasteiger partial charge in [-0.05, 0) is 36.6 Å². The number of carbonyl (C=O) groups excluding carboxylic acids is 2. The van der Waals surface area contributed by atoms with Crippen LogP contribution in [0.15, 0.2) is 48.5 Å². The standard InChI is InChI=1S/C21H22ClFN2O2/c22-18-7-5-15(6-8-18)13-20(26)25-11-9-16(10-12-25)21(27)24-14-17-3-1-2-4-19(17)23/h1-8,16H,9-14H2,(H,24,27). The average molecular weight is 389 g/mol. The van der Waals surface area contributed by atoms with Gasteiger partial charge in [-0.25, -0.2) is 4.39 Å². The average Bonchev–Trinajstić information content (AvgIpc) is 2.69. The second-order valence-electron chi connectivity index (χ2n) is 6.77. The molecule has 142 valence electrons. The second kappa shape index (κ2) is 9.00. The van der Waals surface area contributed by atoms with E-state index in [0.29, 0.717) is 42.9 Å². The molecule has 0 aliphatic carbocycles. The molecule has 27 heavy (non-hydrogen) atoms. The zero-order valence-electron chi connectivity index (χ0n) is 15.0. The number of carbonyl (C=O) groups is 2. The van der Waals surface area contributed by atoms with Crippen LogP contribution in [-0.2, 0) is 22.6 Å². The summed E-state index contributed by atoms with van der Waals surface area (Å²) in [5, 5.41) is 3.45. The Hall–Kier alpha value is -2.40. The molecule has 0 radical (unpaired) electrons. The molecule has 1 heterocycles. The van der Waals surface area contributed by atoms with E-state index in [1.807, 2.05) is 12.1 Å². The predicted octanol–water partition coefficient (Wildman–Crippen LogP) is 3.58. The smallest absolute Gasteiger partial charge is 0.226 e. The highest BCUT2D eigenvalue weighted by molar-refractivity contribution is 6.30. The van der Waals surface area contributed by atoms with E-state index in [1.165, 1.54) is 6.07 Å². The molecule has 0 atom stereocenters. The van der Waals surface area contributed by atoms with Gasteiger partial charge in [-0.15, -0.1) is 0 Å². The van der Waals surface area contributed by atoms with E-state index in [0.717, 1.165) is 5.56 Å². The molecule has 1 saturated heterocycles. The normalized spacial score (nSPS) is 14.8. The first kappa shape index (κ1) is 19.4. The van der Waals surface area contributed by atoms with Crippen LogP contribution in [0.1, 0.15) is 24.0 Å². The number of piperidine rings is 1. The Morgan fingerprint density at radius 2 is 1.74 bits per heavy atom. The van der Waals surface area contributed by atoms with Crippen molar-refractivity contribution in [2.45, 2.75) is 25.8 Å². The van der Waals surface area contributed by atoms with Crippen molar-refractivity contribution in [2.24, 2.45) is 5.92 Å². The first-order valence-electron chi connectivity index (χ1n) is 9.06. The molecule has 0 saturated carbocycles. The summed E-state index contributed by atoms with van der Waals surface area (Å²) in [6, 6.07) is 13.7. The van der Waals surface area contributed by atoms with Crippen LogP contribution >= 0.6 is 11.6 Å². The van der Waals surface area contributed by atoms with Crippen LogP contribution in [0.5, 0.6) is 0 Å². The lowest BCUT2D eigenvalue weighted by atomic mass is 9.95. The van der Waals surface area contributed by atoms with E-state index < -0.39 is 0 Å². The van der Waals surface area contributed by atoms with Crippen molar-refractivity contribution in [3.05, 3.63) is 70.5 Å². The fraction of sp³-hybridized carbons (Fsp3) is 0.333. The van der Waals surface area contributed by atoms with E-state index >= 15 is 0 Å². The van der Waals surface area contributed by atoms with Gasteiger partial charge in [0.25, 0.3) is 0 Å². The summed E-state index contributed by atoms with van der Waals surface area (Å²) < 4.78 is 13.6. The van der Waals surface area contributed by atoms with Crippen molar-refractivity contribution >= 4 is 23.4 Å². The first-order chi connectivity index (χ1) is 13.0. The molecule has 2 aromatic carbocycles. The van der Waals surface area contributed by atoms with Crippen molar-refractivity contribution in [1.29, 1.82) is 0 Å². The van der Waals surface area contributed by atoms with E-state index in [-0.39, 0.29) is 30.1 Å². The van der Waals surface area contributed by atoms with Crippen molar-refractivity contribution in [3.8, 4) is 0 Å². The van der Waals surface area contributed by atoms with Crippen LogP contribution in [0.4, 0.5) is 4.39 Å². The molecule has 2 aromatic rings. The minimum absolute atomic E-state index is 0.0579.